The van der Waals surface area contributed by atoms with Crippen molar-refractivity contribution < 1.29 is 34.8 Å². The van der Waals surface area contributed by atoms with Gasteiger partial charge in [0.05, 0.1) is 10.8 Å². The highest BCUT2D eigenvalue weighted by molar-refractivity contribution is 5.82. The van der Waals surface area contributed by atoms with Crippen LogP contribution >= 0.6 is 0 Å². The van der Waals surface area contributed by atoms with Crippen molar-refractivity contribution in [3.8, 4) is 0 Å². The molecule has 296 valence electrons. The second-order valence-electron chi connectivity index (χ2n) is 16.0. The lowest BCUT2D eigenvalue weighted by molar-refractivity contribution is -0.511. The molecular weight excluding hydrogens is 715 g/mol. The minimum absolute atomic E-state index is 0. The van der Waals surface area contributed by atoms with Gasteiger partial charge >= 0.3 is 0 Å². The molecule has 55 heavy (non-hydrogen) atoms. The van der Waals surface area contributed by atoms with Crippen molar-refractivity contribution in [1.29, 1.82) is 0 Å². The maximum Gasteiger partial charge on any atom is 0.248 e. The molecule has 0 aliphatic carbocycles. The summed E-state index contributed by atoms with van der Waals surface area (Å²) in [5.74, 6) is 2.34. The highest BCUT2D eigenvalue weighted by atomic mass is 35.5. The van der Waals surface area contributed by atoms with Crippen molar-refractivity contribution in [2.75, 3.05) is 0 Å². The summed E-state index contributed by atoms with van der Waals surface area (Å²) < 4.78 is 0. The number of halogens is 2. The summed E-state index contributed by atoms with van der Waals surface area (Å²) in [5, 5.41) is 7.36. The van der Waals surface area contributed by atoms with E-state index in [4.69, 9.17) is 0 Å². The molecule has 0 amide bonds. The fourth-order valence-corrected chi connectivity index (χ4v) is 5.65. The SMILES string of the molecule is C[C@H](NC(=[NH+][C@@H](C)c1ccccc1)C(C)(C)C)c1ccccc1.C[C@H](NC(=[NH+][C@@H](C)c1ccccc1)C(C)(C)C)c1ccccc1.Cc1ccccc1.[Cl-].[Cl-]. The summed E-state index contributed by atoms with van der Waals surface area (Å²) in [7, 11) is 0. The van der Waals surface area contributed by atoms with Gasteiger partial charge in [0.15, 0.2) is 0 Å². The van der Waals surface area contributed by atoms with E-state index in [-0.39, 0.29) is 59.8 Å². The van der Waals surface area contributed by atoms with Crippen molar-refractivity contribution in [3.63, 3.8) is 0 Å². The van der Waals surface area contributed by atoms with Gasteiger partial charge in [0.1, 0.15) is 24.2 Å². The molecule has 4 nitrogen and oxygen atoms in total. The molecule has 0 radical (unpaired) electrons. The molecule has 0 heterocycles. The number of aryl methyl sites for hydroxylation is 1. The number of hydrogen-bond acceptors (Lipinski definition) is 0. The maximum absolute atomic E-state index is 3.68. The molecule has 0 unspecified atom stereocenters. The third kappa shape index (κ3) is 17.7. The molecule has 5 rings (SSSR count). The van der Waals surface area contributed by atoms with E-state index in [2.05, 4.69) is 230 Å². The molecule has 0 saturated carbocycles. The monoisotopic (exact) mass is 780 g/mol. The maximum atomic E-state index is 3.68. The molecule has 0 bridgehead atoms. The van der Waals surface area contributed by atoms with Gasteiger partial charge < -0.3 is 24.8 Å². The lowest BCUT2D eigenvalue weighted by Gasteiger charge is -2.22. The molecule has 0 aromatic heterocycles. The molecule has 4 N–H and O–H groups in total. The van der Waals surface area contributed by atoms with Gasteiger partial charge in [-0.2, -0.15) is 0 Å². The van der Waals surface area contributed by atoms with E-state index >= 15 is 0 Å². The fraction of sp³-hybridized carbons (Fsp3) is 0.347. The molecule has 6 heteroatoms. The number of amidine groups is 2. The van der Waals surface area contributed by atoms with E-state index < -0.39 is 0 Å². The van der Waals surface area contributed by atoms with Crippen molar-refractivity contribution in [1.82, 2.24) is 10.6 Å². The average molecular weight is 782 g/mol. The first-order valence-electron chi connectivity index (χ1n) is 19.2. The second kappa shape index (κ2) is 24.2. The number of nitrogens with one attached hydrogen (secondary N) is 4. The van der Waals surface area contributed by atoms with E-state index in [1.54, 1.807) is 0 Å². The Morgan fingerprint density at radius 2 is 0.636 bits per heavy atom. The van der Waals surface area contributed by atoms with Crippen molar-refractivity contribution in [2.24, 2.45) is 10.8 Å². The van der Waals surface area contributed by atoms with Crippen molar-refractivity contribution >= 4 is 11.7 Å². The Balaban J connectivity index is 0.000000453. The van der Waals surface area contributed by atoms with Gasteiger partial charge in [-0.15, -0.1) is 0 Å². The summed E-state index contributed by atoms with van der Waals surface area (Å²) in [6.07, 6.45) is 0. The Morgan fingerprint density at radius 3 is 0.855 bits per heavy atom. The zero-order valence-corrected chi connectivity index (χ0v) is 36.5. The molecule has 5 aromatic rings. The summed E-state index contributed by atoms with van der Waals surface area (Å²) in [5.41, 5.74) is 6.57. The van der Waals surface area contributed by atoms with Crippen LogP contribution in [0.4, 0.5) is 0 Å². The zero-order valence-electron chi connectivity index (χ0n) is 35.0. The standard InChI is InChI=1S/2C21H28N2.C7H8.2ClH/c2*1-16(18-12-8-6-9-13-18)22-20(21(3,4)5)23-17(2)19-14-10-7-11-15-19;1-7-5-3-2-4-6-7;;/h2*6-17H,1-5H3,(H,22,23);2-6H,1H3;2*1H/t2*16-,17-;;;/m00.../s1. The second-order valence-corrected chi connectivity index (χ2v) is 16.0. The van der Waals surface area contributed by atoms with Crippen LogP contribution in [0.2, 0.25) is 0 Å². The molecule has 0 saturated heterocycles. The van der Waals surface area contributed by atoms with E-state index in [0.29, 0.717) is 0 Å². The van der Waals surface area contributed by atoms with Crippen molar-refractivity contribution in [3.05, 3.63) is 179 Å². The lowest BCUT2D eigenvalue weighted by Crippen LogP contribution is -3.00. The molecular formula is C49H66Cl2N4. The fourth-order valence-electron chi connectivity index (χ4n) is 5.65. The summed E-state index contributed by atoms with van der Waals surface area (Å²) in [6, 6.07) is 53.6. The molecule has 0 aliphatic heterocycles. The molecule has 0 aliphatic rings. The van der Waals surface area contributed by atoms with Crippen molar-refractivity contribution in [2.45, 2.75) is 100 Å². The summed E-state index contributed by atoms with van der Waals surface area (Å²) in [4.78, 5) is 7.36. The molecule has 4 atom stereocenters. The third-order valence-corrected chi connectivity index (χ3v) is 9.08. The van der Waals surface area contributed by atoms with Gasteiger partial charge in [0, 0.05) is 0 Å². The van der Waals surface area contributed by atoms with E-state index in [9.17, 15) is 0 Å². The highest BCUT2D eigenvalue weighted by Gasteiger charge is 2.29. The Labute approximate surface area is 346 Å². The summed E-state index contributed by atoms with van der Waals surface area (Å²) >= 11 is 0. The quantitative estimate of drug-likeness (QED) is 0.145. The Hall–Kier alpha value is -4.38. The third-order valence-electron chi connectivity index (χ3n) is 9.08. The lowest BCUT2D eigenvalue weighted by atomic mass is 9.93. The van der Waals surface area contributed by atoms with Gasteiger partial charge in [-0.3, -0.25) is 20.6 Å². The Bertz CT molecular complexity index is 1670. The van der Waals surface area contributed by atoms with Crippen LogP contribution < -0.4 is 45.4 Å². The largest absolute Gasteiger partial charge is 1.00 e. The Kier molecular flexibility index (Phi) is 21.4. The van der Waals surface area contributed by atoms with Gasteiger partial charge in [0.2, 0.25) is 11.7 Å². The first-order valence-corrected chi connectivity index (χ1v) is 19.2. The highest BCUT2D eigenvalue weighted by Crippen LogP contribution is 2.19. The first kappa shape index (κ1) is 48.6. The van der Waals surface area contributed by atoms with Crippen LogP contribution in [0.15, 0.2) is 152 Å². The van der Waals surface area contributed by atoms with E-state index in [1.807, 2.05) is 18.2 Å². The molecule has 0 fully saturated rings. The summed E-state index contributed by atoms with van der Waals surface area (Å²) in [6.45, 7) is 24.3. The van der Waals surface area contributed by atoms with Crippen LogP contribution in [0.5, 0.6) is 0 Å². The predicted octanol–water partition coefficient (Wildman–Crippen LogP) is 3.25. The van der Waals surface area contributed by atoms with Crippen LogP contribution in [0.3, 0.4) is 0 Å². The smallest absolute Gasteiger partial charge is 0.248 e. The zero-order chi connectivity index (χ0) is 38.9. The van der Waals surface area contributed by atoms with Gasteiger partial charge in [0.25, 0.3) is 0 Å². The van der Waals surface area contributed by atoms with Crippen LogP contribution in [-0.4, -0.2) is 11.7 Å². The number of rotatable bonds is 8. The van der Waals surface area contributed by atoms with Gasteiger partial charge in [-0.25, -0.2) is 0 Å². The normalized spacial score (nSPS) is 13.7. The number of benzene rings is 5. The molecule has 0 spiro atoms. The Morgan fingerprint density at radius 1 is 0.400 bits per heavy atom. The van der Waals surface area contributed by atoms with Crippen LogP contribution in [-0.2, 0) is 0 Å². The topological polar surface area (TPSA) is 52.0 Å². The molecule has 5 aromatic carbocycles. The average Bonchev–Trinajstić information content (AvgIpc) is 3.15. The van der Waals surface area contributed by atoms with Crippen LogP contribution in [0, 0.1) is 17.8 Å². The van der Waals surface area contributed by atoms with Gasteiger partial charge in [-0.1, -0.05) is 157 Å². The van der Waals surface area contributed by atoms with E-state index in [1.165, 1.54) is 39.5 Å². The van der Waals surface area contributed by atoms with E-state index in [0.717, 1.165) is 0 Å². The van der Waals surface area contributed by atoms with Crippen LogP contribution in [0.25, 0.3) is 0 Å². The first-order chi connectivity index (χ1) is 25.1. The van der Waals surface area contributed by atoms with Crippen LogP contribution in [0.1, 0.15) is 121 Å². The minimum atomic E-state index is 0. The number of hydrogen-bond donors (Lipinski definition) is 4. The van der Waals surface area contributed by atoms with Gasteiger partial charge in [-0.05, 0) is 98.4 Å². The minimum Gasteiger partial charge on any atom is -1.00 e. The predicted molar refractivity (Wildman–Crippen MR) is 228 cm³/mol.